The second-order valence-electron chi connectivity index (χ2n) is 8.16. The first-order valence-electron chi connectivity index (χ1n) is 12.3. The molecule has 5 heteroatoms. The minimum absolute atomic E-state index is 0.0866. The van der Waals surface area contributed by atoms with Gasteiger partial charge >= 0.3 is 6.09 Å². The third-order valence-corrected chi connectivity index (χ3v) is 5.38. The summed E-state index contributed by atoms with van der Waals surface area (Å²) in [7, 11) is 1.60. The molecular weight excluding hydrogens is 364 g/mol. The zero-order valence-corrected chi connectivity index (χ0v) is 19.6. The lowest BCUT2D eigenvalue weighted by Crippen LogP contribution is -2.40. The molecule has 1 N–H and O–H groups in total. The van der Waals surface area contributed by atoms with E-state index in [1.165, 1.54) is 77.0 Å². The lowest BCUT2D eigenvalue weighted by molar-refractivity contribution is -0.121. The van der Waals surface area contributed by atoms with E-state index in [0.717, 1.165) is 25.7 Å². The summed E-state index contributed by atoms with van der Waals surface area (Å²) in [5, 5.41) is 2.60. The maximum absolute atomic E-state index is 12.4. The van der Waals surface area contributed by atoms with E-state index in [1.54, 1.807) is 11.9 Å². The lowest BCUT2D eigenvalue weighted by atomic mass is 10.1. The molecule has 0 spiro atoms. The van der Waals surface area contributed by atoms with Gasteiger partial charge in [0.15, 0.2) is 0 Å². The zero-order valence-electron chi connectivity index (χ0n) is 19.6. The minimum Gasteiger partial charge on any atom is -0.449 e. The highest BCUT2D eigenvalue weighted by molar-refractivity contribution is 5.81. The number of ether oxygens (including phenoxy) is 1. The number of unbranched alkanes of at least 4 members (excludes halogenated alkanes) is 14. The number of hydrogen-bond donors (Lipinski definition) is 1. The second kappa shape index (κ2) is 21.4. The average Bonchev–Trinajstić information content (AvgIpc) is 2.73. The van der Waals surface area contributed by atoms with Crippen LogP contribution in [0.15, 0.2) is 0 Å². The van der Waals surface area contributed by atoms with Crippen LogP contribution in [0.5, 0.6) is 0 Å². The fourth-order valence-electron chi connectivity index (χ4n) is 3.41. The first-order chi connectivity index (χ1) is 14.2. The van der Waals surface area contributed by atoms with Gasteiger partial charge in [0.25, 0.3) is 0 Å². The molecule has 0 heterocycles. The minimum atomic E-state index is -0.348. The summed E-state index contributed by atoms with van der Waals surface area (Å²) < 4.78 is 5.42. The molecule has 0 aromatic carbocycles. The van der Waals surface area contributed by atoms with Crippen LogP contribution in [0.4, 0.5) is 4.79 Å². The second-order valence-corrected chi connectivity index (χ2v) is 8.16. The molecule has 172 valence electrons. The summed E-state index contributed by atoms with van der Waals surface area (Å²) in [6.07, 6.45) is 19.1. The number of hydrogen-bond acceptors (Lipinski definition) is 3. The smallest absolute Gasteiger partial charge is 0.410 e. The van der Waals surface area contributed by atoms with E-state index >= 15 is 0 Å². The molecule has 0 fully saturated rings. The molecule has 0 aromatic heterocycles. The molecule has 0 rings (SSSR count). The number of carbonyl (C=O) groups is 2. The molecule has 29 heavy (non-hydrogen) atoms. The van der Waals surface area contributed by atoms with Crippen LogP contribution in [0, 0.1) is 0 Å². The van der Waals surface area contributed by atoms with Gasteiger partial charge in [0.05, 0.1) is 6.61 Å². The monoisotopic (exact) mass is 412 g/mol. The number of amides is 2. The molecule has 0 aliphatic rings. The Labute approximate surface area is 180 Å². The highest BCUT2D eigenvalue weighted by Crippen LogP contribution is 2.10. The molecule has 5 nitrogen and oxygen atoms in total. The largest absolute Gasteiger partial charge is 0.449 e. The van der Waals surface area contributed by atoms with Crippen molar-refractivity contribution in [2.45, 2.75) is 117 Å². The molecule has 0 aliphatic carbocycles. The van der Waals surface area contributed by atoms with Gasteiger partial charge in [-0.3, -0.25) is 9.69 Å². The molecule has 0 aliphatic heterocycles. The number of nitrogens with zero attached hydrogens (tertiary/aromatic N) is 1. The molecule has 0 atom stereocenters. The van der Waals surface area contributed by atoms with Gasteiger partial charge in [-0.25, -0.2) is 4.79 Å². The maximum atomic E-state index is 12.4. The first-order valence-corrected chi connectivity index (χ1v) is 12.3. The number of rotatable bonds is 20. The fraction of sp³-hybridized carbons (Fsp3) is 0.917. The highest BCUT2D eigenvalue weighted by Gasteiger charge is 2.17. The zero-order chi connectivity index (χ0) is 21.6. The Kier molecular flexibility index (Phi) is 20.5. The summed E-state index contributed by atoms with van der Waals surface area (Å²) in [6.45, 7) is 5.60. The van der Waals surface area contributed by atoms with Gasteiger partial charge in [0.1, 0.15) is 6.54 Å². The first kappa shape index (κ1) is 27.7. The van der Waals surface area contributed by atoms with Crippen LogP contribution in [0.1, 0.15) is 117 Å². The summed E-state index contributed by atoms with van der Waals surface area (Å²) >= 11 is 0. The van der Waals surface area contributed by atoms with Crippen molar-refractivity contribution >= 4 is 12.0 Å². The molecule has 0 aromatic rings. The third kappa shape index (κ3) is 18.5. The van der Waals surface area contributed by atoms with Crippen LogP contribution in [0.3, 0.4) is 0 Å². The Morgan fingerprint density at radius 2 is 1.14 bits per heavy atom. The maximum Gasteiger partial charge on any atom is 0.410 e. The normalized spacial score (nSPS) is 10.7. The van der Waals surface area contributed by atoms with Crippen molar-refractivity contribution < 1.29 is 14.3 Å². The number of nitrogens with one attached hydrogen (secondary N) is 1. The number of carbonyl (C=O) groups excluding carboxylic acids is 2. The summed E-state index contributed by atoms with van der Waals surface area (Å²) in [4.78, 5) is 25.6. The molecule has 2 amide bonds. The quantitative estimate of drug-likeness (QED) is 0.234. The Morgan fingerprint density at radius 1 is 0.690 bits per heavy atom. The van der Waals surface area contributed by atoms with Crippen molar-refractivity contribution in [3.05, 3.63) is 0 Å². The highest BCUT2D eigenvalue weighted by atomic mass is 16.6. The van der Waals surface area contributed by atoms with Gasteiger partial charge in [-0.05, 0) is 12.8 Å². The van der Waals surface area contributed by atoms with E-state index in [2.05, 4.69) is 19.2 Å². The van der Waals surface area contributed by atoms with Gasteiger partial charge in [-0.2, -0.15) is 0 Å². The Morgan fingerprint density at radius 3 is 1.62 bits per heavy atom. The van der Waals surface area contributed by atoms with E-state index in [4.69, 9.17) is 4.74 Å². The Balaban J connectivity index is 3.92. The average molecular weight is 413 g/mol. The summed E-state index contributed by atoms with van der Waals surface area (Å²) in [6, 6.07) is 0. The van der Waals surface area contributed by atoms with Crippen LogP contribution in [0.2, 0.25) is 0 Å². The topological polar surface area (TPSA) is 58.6 Å². The van der Waals surface area contributed by atoms with Crippen LogP contribution in [-0.4, -0.2) is 43.6 Å². The van der Waals surface area contributed by atoms with Crippen LogP contribution in [-0.2, 0) is 9.53 Å². The van der Waals surface area contributed by atoms with Crippen LogP contribution >= 0.6 is 0 Å². The van der Waals surface area contributed by atoms with Gasteiger partial charge in [-0.15, -0.1) is 0 Å². The van der Waals surface area contributed by atoms with Crippen molar-refractivity contribution in [1.82, 2.24) is 10.2 Å². The molecule has 0 saturated heterocycles. The fourth-order valence-corrected chi connectivity index (χ4v) is 3.41. The van der Waals surface area contributed by atoms with Crippen molar-refractivity contribution in [1.29, 1.82) is 0 Å². The molecule has 0 unspecified atom stereocenters. The standard InChI is InChI=1S/C24H48N2O3/c1-4-6-8-10-12-14-16-18-20-26(22-23(27)25-3)24(28)29-21-19-17-15-13-11-9-7-5-2/h4-22H2,1-3H3,(H,25,27). The third-order valence-electron chi connectivity index (χ3n) is 5.38. The number of likely N-dealkylation sites (N-methyl/N-ethyl adjacent to an activating group) is 1. The van der Waals surface area contributed by atoms with Gasteiger partial charge in [-0.1, -0.05) is 104 Å². The van der Waals surface area contributed by atoms with E-state index in [0.29, 0.717) is 13.2 Å². The molecule has 0 saturated carbocycles. The van der Waals surface area contributed by atoms with Crippen molar-refractivity contribution in [2.75, 3.05) is 26.7 Å². The Hall–Kier alpha value is -1.26. The molecule has 0 bridgehead atoms. The van der Waals surface area contributed by atoms with Crippen LogP contribution in [0.25, 0.3) is 0 Å². The molecule has 0 radical (unpaired) electrons. The van der Waals surface area contributed by atoms with Crippen molar-refractivity contribution in [3.63, 3.8) is 0 Å². The SMILES string of the molecule is CCCCCCCCCCOC(=O)N(CCCCCCCCCC)CC(=O)NC. The van der Waals surface area contributed by atoms with E-state index in [-0.39, 0.29) is 18.5 Å². The van der Waals surface area contributed by atoms with E-state index < -0.39 is 0 Å². The van der Waals surface area contributed by atoms with Crippen LogP contribution < -0.4 is 5.32 Å². The van der Waals surface area contributed by atoms with Gasteiger partial charge in [0.2, 0.25) is 5.91 Å². The predicted octanol–water partition coefficient (Wildman–Crippen LogP) is 6.45. The summed E-state index contributed by atoms with van der Waals surface area (Å²) in [5.74, 6) is -0.145. The predicted molar refractivity (Wildman–Crippen MR) is 122 cm³/mol. The summed E-state index contributed by atoms with van der Waals surface area (Å²) in [5.41, 5.74) is 0. The Bertz CT molecular complexity index is 388. The van der Waals surface area contributed by atoms with E-state index in [9.17, 15) is 9.59 Å². The molecular formula is C24H48N2O3. The van der Waals surface area contributed by atoms with Crippen molar-refractivity contribution in [2.24, 2.45) is 0 Å². The van der Waals surface area contributed by atoms with Gasteiger partial charge in [0, 0.05) is 13.6 Å². The van der Waals surface area contributed by atoms with Crippen molar-refractivity contribution in [3.8, 4) is 0 Å². The van der Waals surface area contributed by atoms with Gasteiger partial charge < -0.3 is 10.1 Å². The van der Waals surface area contributed by atoms with E-state index in [1.807, 2.05) is 0 Å². The lowest BCUT2D eigenvalue weighted by Gasteiger charge is -2.21.